The maximum absolute atomic E-state index is 2.32. The number of rotatable bonds is 10. The molecule has 0 radical (unpaired) electrons. The molecule has 1 heteroatoms. The van der Waals surface area contributed by atoms with Crippen LogP contribution in [0.2, 0.25) is 0 Å². The largest absolute Gasteiger partial charge is 0.311 e. The van der Waals surface area contributed by atoms with Gasteiger partial charge in [-0.05, 0) is 97.6 Å². The standard InChI is InChI=1S/C55H41N/c1-5-15-41(16-6-1)43-25-29-48(30-26-43)55(47-19-9-3-10-20-47)49-31-27-45(28-32-49)53-23-13-14-24-54(53)46-35-39-52(40-36-46)56(50-21-11-4-12-22-50)51-37-33-44(34-38-51)42-17-7-2-8-18-42/h1-40,55H. The van der Waals surface area contributed by atoms with E-state index >= 15 is 0 Å². The molecule has 0 bridgehead atoms. The normalized spacial score (nSPS) is 11.5. The van der Waals surface area contributed by atoms with Gasteiger partial charge in [-0.3, -0.25) is 0 Å². The van der Waals surface area contributed by atoms with Gasteiger partial charge >= 0.3 is 0 Å². The minimum atomic E-state index is 0.125. The molecule has 0 aliphatic heterocycles. The number of anilines is 3. The van der Waals surface area contributed by atoms with Crippen LogP contribution in [0.25, 0.3) is 44.5 Å². The highest BCUT2D eigenvalue weighted by Gasteiger charge is 2.18. The number of para-hydroxylation sites is 1. The van der Waals surface area contributed by atoms with Crippen LogP contribution in [0.3, 0.4) is 0 Å². The van der Waals surface area contributed by atoms with Gasteiger partial charge in [-0.15, -0.1) is 0 Å². The third-order valence-electron chi connectivity index (χ3n) is 10.6. The molecule has 0 amide bonds. The molecule has 0 saturated carbocycles. The Morgan fingerprint density at radius 1 is 0.214 bits per heavy atom. The topological polar surface area (TPSA) is 3.24 Å². The molecule has 9 rings (SSSR count). The van der Waals surface area contributed by atoms with Crippen LogP contribution < -0.4 is 4.90 Å². The fourth-order valence-corrected chi connectivity index (χ4v) is 7.81. The van der Waals surface area contributed by atoms with Gasteiger partial charge in [-0.1, -0.05) is 206 Å². The molecule has 1 nitrogen and oxygen atoms in total. The highest BCUT2D eigenvalue weighted by Crippen LogP contribution is 2.39. The van der Waals surface area contributed by atoms with Crippen molar-refractivity contribution in [2.45, 2.75) is 5.92 Å². The molecule has 1 unspecified atom stereocenters. The van der Waals surface area contributed by atoms with E-state index in [0.717, 1.165) is 17.1 Å². The molecule has 0 spiro atoms. The summed E-state index contributed by atoms with van der Waals surface area (Å²) in [7, 11) is 0. The third-order valence-corrected chi connectivity index (χ3v) is 10.6. The Kier molecular flexibility index (Phi) is 9.88. The molecule has 1 atom stereocenters. The van der Waals surface area contributed by atoms with E-state index in [1.165, 1.54) is 61.2 Å². The Morgan fingerprint density at radius 3 is 0.946 bits per heavy atom. The Morgan fingerprint density at radius 2 is 0.500 bits per heavy atom. The van der Waals surface area contributed by atoms with Crippen molar-refractivity contribution in [2.24, 2.45) is 0 Å². The van der Waals surface area contributed by atoms with Crippen LogP contribution in [0.5, 0.6) is 0 Å². The molecule has 0 saturated heterocycles. The van der Waals surface area contributed by atoms with Gasteiger partial charge in [0.1, 0.15) is 0 Å². The summed E-state index contributed by atoms with van der Waals surface area (Å²) >= 11 is 0. The second-order valence-electron chi connectivity index (χ2n) is 14.1. The molecule has 0 aromatic heterocycles. The number of benzene rings is 9. The molecule has 0 aliphatic rings. The van der Waals surface area contributed by atoms with E-state index in [-0.39, 0.29) is 5.92 Å². The summed E-state index contributed by atoms with van der Waals surface area (Å²) in [6.45, 7) is 0. The van der Waals surface area contributed by atoms with Gasteiger partial charge < -0.3 is 4.90 Å². The lowest BCUT2D eigenvalue weighted by molar-refractivity contribution is 0.978. The van der Waals surface area contributed by atoms with Gasteiger partial charge in [0.25, 0.3) is 0 Å². The van der Waals surface area contributed by atoms with Crippen molar-refractivity contribution >= 4 is 17.1 Å². The highest BCUT2D eigenvalue weighted by atomic mass is 15.1. The van der Waals surface area contributed by atoms with E-state index in [4.69, 9.17) is 0 Å². The first-order chi connectivity index (χ1) is 27.8. The molecule has 0 aliphatic carbocycles. The molecule has 9 aromatic rings. The smallest absolute Gasteiger partial charge is 0.0462 e. The van der Waals surface area contributed by atoms with E-state index in [2.05, 4.69) is 248 Å². The Balaban J connectivity index is 1.02. The third kappa shape index (κ3) is 7.31. The first-order valence-electron chi connectivity index (χ1n) is 19.3. The average molecular weight is 716 g/mol. The van der Waals surface area contributed by atoms with Crippen LogP contribution in [-0.4, -0.2) is 0 Å². The van der Waals surface area contributed by atoms with Crippen LogP contribution in [0.4, 0.5) is 17.1 Å². The summed E-state index contributed by atoms with van der Waals surface area (Å²) in [5.74, 6) is 0.125. The monoisotopic (exact) mass is 715 g/mol. The highest BCUT2D eigenvalue weighted by molar-refractivity contribution is 5.85. The number of hydrogen-bond acceptors (Lipinski definition) is 1. The van der Waals surface area contributed by atoms with Gasteiger partial charge in [0.05, 0.1) is 0 Å². The quantitative estimate of drug-likeness (QED) is 0.127. The predicted molar refractivity (Wildman–Crippen MR) is 237 cm³/mol. The van der Waals surface area contributed by atoms with Crippen LogP contribution in [0, 0.1) is 0 Å². The fraction of sp³-hybridized carbons (Fsp3) is 0.0182. The van der Waals surface area contributed by atoms with Crippen LogP contribution in [-0.2, 0) is 0 Å². The maximum Gasteiger partial charge on any atom is 0.0462 e. The first-order valence-corrected chi connectivity index (χ1v) is 19.3. The van der Waals surface area contributed by atoms with Crippen molar-refractivity contribution in [3.63, 3.8) is 0 Å². The zero-order valence-electron chi connectivity index (χ0n) is 31.1. The first kappa shape index (κ1) is 34.5. The molecular weight excluding hydrogens is 675 g/mol. The lowest BCUT2D eigenvalue weighted by Crippen LogP contribution is -2.09. The van der Waals surface area contributed by atoms with Gasteiger partial charge in [0.15, 0.2) is 0 Å². The molecule has 9 aromatic carbocycles. The molecule has 0 fully saturated rings. The zero-order valence-corrected chi connectivity index (χ0v) is 31.1. The summed E-state index contributed by atoms with van der Waals surface area (Å²) in [5, 5.41) is 0. The zero-order chi connectivity index (χ0) is 37.5. The van der Waals surface area contributed by atoms with Gasteiger partial charge in [-0.25, -0.2) is 0 Å². The number of hydrogen-bond donors (Lipinski definition) is 0. The maximum atomic E-state index is 2.32. The van der Waals surface area contributed by atoms with Crippen molar-refractivity contribution in [1.82, 2.24) is 0 Å². The summed E-state index contributed by atoms with van der Waals surface area (Å²) in [4.78, 5) is 2.32. The van der Waals surface area contributed by atoms with E-state index < -0.39 is 0 Å². The predicted octanol–water partition coefficient (Wildman–Crippen LogP) is 15.0. The summed E-state index contributed by atoms with van der Waals surface area (Å²) in [6.07, 6.45) is 0. The summed E-state index contributed by atoms with van der Waals surface area (Å²) in [6, 6.07) is 87.4. The second-order valence-corrected chi connectivity index (χ2v) is 14.1. The van der Waals surface area contributed by atoms with Crippen LogP contribution >= 0.6 is 0 Å². The lowest BCUT2D eigenvalue weighted by atomic mass is 9.83. The van der Waals surface area contributed by atoms with Gasteiger partial charge in [-0.2, -0.15) is 0 Å². The number of nitrogens with zero attached hydrogens (tertiary/aromatic N) is 1. The van der Waals surface area contributed by atoms with E-state index in [1.807, 2.05) is 0 Å². The lowest BCUT2D eigenvalue weighted by Gasteiger charge is -2.26. The Labute approximate surface area is 330 Å². The van der Waals surface area contributed by atoms with Crippen molar-refractivity contribution in [2.75, 3.05) is 4.90 Å². The van der Waals surface area contributed by atoms with E-state index in [0.29, 0.717) is 0 Å². The molecule has 266 valence electrons. The molecule has 56 heavy (non-hydrogen) atoms. The van der Waals surface area contributed by atoms with Crippen LogP contribution in [0.1, 0.15) is 22.6 Å². The van der Waals surface area contributed by atoms with Crippen molar-refractivity contribution in [3.05, 3.63) is 259 Å². The van der Waals surface area contributed by atoms with Crippen molar-refractivity contribution < 1.29 is 0 Å². The summed E-state index contributed by atoms with van der Waals surface area (Å²) in [5.41, 5.74) is 16.9. The Bertz CT molecular complexity index is 2430. The minimum Gasteiger partial charge on any atom is -0.311 e. The van der Waals surface area contributed by atoms with Gasteiger partial charge in [0.2, 0.25) is 0 Å². The van der Waals surface area contributed by atoms with E-state index in [9.17, 15) is 0 Å². The average Bonchev–Trinajstić information content (AvgIpc) is 3.29. The SMILES string of the molecule is c1ccc(-c2ccc(C(c3ccccc3)c3ccc(-c4ccccc4-c4ccc(N(c5ccccc5)c5ccc(-c6ccccc6)cc5)cc4)cc3)cc2)cc1. The summed E-state index contributed by atoms with van der Waals surface area (Å²) < 4.78 is 0. The van der Waals surface area contributed by atoms with Gasteiger partial charge in [0, 0.05) is 23.0 Å². The molecule has 0 heterocycles. The minimum absolute atomic E-state index is 0.125. The van der Waals surface area contributed by atoms with Crippen LogP contribution in [0.15, 0.2) is 243 Å². The van der Waals surface area contributed by atoms with Crippen molar-refractivity contribution in [1.29, 1.82) is 0 Å². The second kappa shape index (κ2) is 16.0. The van der Waals surface area contributed by atoms with E-state index in [1.54, 1.807) is 0 Å². The van der Waals surface area contributed by atoms with Crippen molar-refractivity contribution in [3.8, 4) is 44.5 Å². The molecule has 0 N–H and O–H groups in total. The Hall–Kier alpha value is -7.22. The molecular formula is C55H41N. The fourth-order valence-electron chi connectivity index (χ4n) is 7.81.